The van der Waals surface area contributed by atoms with E-state index in [9.17, 15) is 22.7 Å². The Morgan fingerprint density at radius 3 is 2.50 bits per heavy atom. The van der Waals surface area contributed by atoms with Gasteiger partial charge in [0.05, 0.1) is 23.1 Å². The molecule has 0 amide bonds. The highest BCUT2D eigenvalue weighted by Crippen LogP contribution is 2.44. The number of rotatable bonds is 10. The van der Waals surface area contributed by atoms with Gasteiger partial charge in [-0.15, -0.1) is 13.2 Å². The summed E-state index contributed by atoms with van der Waals surface area (Å²) >= 11 is 0. The summed E-state index contributed by atoms with van der Waals surface area (Å²) in [5, 5.41) is 15.9. The van der Waals surface area contributed by atoms with Gasteiger partial charge < -0.3 is 20.5 Å². The number of phenolic OH excluding ortho intramolecular Hbond substituents is 1. The Hall–Kier alpha value is -3.69. The summed E-state index contributed by atoms with van der Waals surface area (Å²) in [7, 11) is 0. The first-order valence-electron chi connectivity index (χ1n) is 13.6. The average molecular weight is 561 g/mol. The standard InChI is InChI=1S/C30H36F4N4O2/c1-6-9-22-27-23(8-3)37(17(4)21(7-2)29(35)28(31)18(5)40-30(32,33)34)15-14-25(27)38(36-22)24-13-12-20(16-26(24)39)19-10-11-19/h7,12-13,16,19,23,39H,4-6,8-11,14-15,35H2,1-3H3/b21-7-,29-28-. The predicted octanol–water partition coefficient (Wildman–Crippen LogP) is 7.37. The second-order valence-electron chi connectivity index (χ2n) is 10.2. The minimum atomic E-state index is -5.10. The Morgan fingerprint density at radius 2 is 1.95 bits per heavy atom. The van der Waals surface area contributed by atoms with Crippen molar-refractivity contribution in [2.24, 2.45) is 5.73 Å². The number of benzene rings is 1. The van der Waals surface area contributed by atoms with Crippen LogP contribution in [0.5, 0.6) is 5.75 Å². The molecule has 2 heterocycles. The molecular formula is C30H36F4N4O2. The molecule has 2 aliphatic rings. The third kappa shape index (κ3) is 5.76. The predicted molar refractivity (Wildman–Crippen MR) is 146 cm³/mol. The molecule has 0 spiro atoms. The first-order valence-corrected chi connectivity index (χ1v) is 13.6. The van der Waals surface area contributed by atoms with E-state index in [2.05, 4.69) is 24.8 Å². The molecule has 1 aliphatic heterocycles. The second kappa shape index (κ2) is 11.4. The zero-order valence-electron chi connectivity index (χ0n) is 23.1. The van der Waals surface area contributed by atoms with Crippen LogP contribution >= 0.6 is 0 Å². The first kappa shape index (κ1) is 29.3. The molecular weight excluding hydrogens is 524 g/mol. The van der Waals surface area contributed by atoms with E-state index in [0.717, 1.165) is 48.2 Å². The van der Waals surface area contributed by atoms with Crippen LogP contribution in [0.1, 0.15) is 80.9 Å². The number of phenols is 1. The number of fused-ring (bicyclic) bond motifs is 1. The van der Waals surface area contributed by atoms with E-state index in [0.29, 0.717) is 36.7 Å². The largest absolute Gasteiger partial charge is 0.573 e. The van der Waals surface area contributed by atoms with Gasteiger partial charge in [-0.3, -0.25) is 0 Å². The number of aryl methyl sites for hydroxylation is 1. The highest BCUT2D eigenvalue weighted by atomic mass is 19.4. The van der Waals surface area contributed by atoms with E-state index < -0.39 is 23.6 Å². The van der Waals surface area contributed by atoms with E-state index in [1.807, 2.05) is 34.7 Å². The zero-order chi connectivity index (χ0) is 29.4. The smallest absolute Gasteiger partial charge is 0.506 e. The quantitative estimate of drug-likeness (QED) is 0.180. The molecule has 216 valence electrons. The van der Waals surface area contributed by atoms with Crippen molar-refractivity contribution >= 4 is 0 Å². The summed E-state index contributed by atoms with van der Waals surface area (Å²) in [6, 6.07) is 5.60. The van der Waals surface area contributed by atoms with Crippen molar-refractivity contribution in [1.82, 2.24) is 14.7 Å². The summed E-state index contributed by atoms with van der Waals surface area (Å²) < 4.78 is 58.2. The van der Waals surface area contributed by atoms with Gasteiger partial charge in [0.15, 0.2) is 11.6 Å². The Bertz CT molecular complexity index is 1370. The highest BCUT2D eigenvalue weighted by molar-refractivity contribution is 5.53. The number of nitrogens with two attached hydrogens (primary N) is 1. The van der Waals surface area contributed by atoms with Crippen molar-refractivity contribution in [2.45, 2.75) is 77.6 Å². The molecule has 0 bridgehead atoms. The van der Waals surface area contributed by atoms with E-state index in [4.69, 9.17) is 10.8 Å². The summed E-state index contributed by atoms with van der Waals surface area (Å²) in [5.74, 6) is -1.93. The van der Waals surface area contributed by atoms with Crippen LogP contribution in [0.2, 0.25) is 0 Å². The minimum absolute atomic E-state index is 0.157. The maximum Gasteiger partial charge on any atom is 0.573 e. The molecule has 3 N–H and O–H groups in total. The van der Waals surface area contributed by atoms with E-state index in [-0.39, 0.29) is 17.4 Å². The van der Waals surface area contributed by atoms with Crippen LogP contribution in [0.4, 0.5) is 17.6 Å². The Balaban J connectivity index is 1.70. The van der Waals surface area contributed by atoms with Gasteiger partial charge >= 0.3 is 6.36 Å². The highest BCUT2D eigenvalue weighted by Gasteiger charge is 2.36. The lowest BCUT2D eigenvalue weighted by molar-refractivity contribution is -0.304. The minimum Gasteiger partial charge on any atom is -0.506 e. The van der Waals surface area contributed by atoms with Crippen LogP contribution in [0.15, 0.2) is 66.0 Å². The van der Waals surface area contributed by atoms with Gasteiger partial charge in [0.25, 0.3) is 0 Å². The Kier molecular flexibility index (Phi) is 8.37. The lowest BCUT2D eigenvalue weighted by atomic mass is 9.91. The van der Waals surface area contributed by atoms with Crippen molar-refractivity contribution in [1.29, 1.82) is 0 Å². The number of hydrogen-bond donors (Lipinski definition) is 2. The summed E-state index contributed by atoms with van der Waals surface area (Å²) in [6.07, 6.45) is 1.47. The number of halogens is 4. The van der Waals surface area contributed by atoms with Gasteiger partial charge in [0, 0.05) is 29.8 Å². The SMILES string of the molecule is C=C(OC(F)(F)F)/C(F)=C(N)\C(=C/C)C(=C)N1CCc2c(c(CCC)nn2-c2ccc(C3CC3)cc2O)C1CC. The normalized spacial score (nSPS) is 18.3. The fourth-order valence-electron chi connectivity index (χ4n) is 5.52. The molecule has 40 heavy (non-hydrogen) atoms. The molecule has 1 unspecified atom stereocenters. The van der Waals surface area contributed by atoms with Crippen molar-refractivity contribution < 1.29 is 27.4 Å². The molecule has 1 aromatic heterocycles. The Labute approximate surface area is 232 Å². The van der Waals surface area contributed by atoms with Gasteiger partial charge in [0.1, 0.15) is 11.4 Å². The topological polar surface area (TPSA) is 76.5 Å². The van der Waals surface area contributed by atoms with Crippen molar-refractivity contribution in [2.75, 3.05) is 6.54 Å². The molecule has 1 fully saturated rings. The fourth-order valence-corrected chi connectivity index (χ4v) is 5.52. The van der Waals surface area contributed by atoms with Crippen LogP contribution < -0.4 is 5.73 Å². The summed E-state index contributed by atoms with van der Waals surface area (Å²) in [6.45, 7) is 13.4. The van der Waals surface area contributed by atoms with Gasteiger partial charge in [-0.2, -0.15) is 5.10 Å². The lowest BCUT2D eigenvalue weighted by Gasteiger charge is -2.39. The number of ether oxygens (including phenoxy) is 1. The van der Waals surface area contributed by atoms with Gasteiger partial charge in [-0.05, 0) is 56.2 Å². The molecule has 10 heteroatoms. The number of hydrogen-bond acceptors (Lipinski definition) is 5. The molecule has 0 saturated heterocycles. The van der Waals surface area contributed by atoms with Crippen LogP contribution in [-0.4, -0.2) is 32.7 Å². The summed E-state index contributed by atoms with van der Waals surface area (Å²) in [4.78, 5) is 1.99. The monoisotopic (exact) mass is 560 g/mol. The zero-order valence-corrected chi connectivity index (χ0v) is 23.1. The van der Waals surface area contributed by atoms with Gasteiger partial charge in [-0.1, -0.05) is 45.6 Å². The third-order valence-corrected chi connectivity index (χ3v) is 7.50. The number of alkyl halides is 3. The molecule has 2 aromatic rings. The van der Waals surface area contributed by atoms with Gasteiger partial charge in [0.2, 0.25) is 0 Å². The number of nitrogens with zero attached hydrogens (tertiary/aromatic N) is 3. The fraction of sp³-hybridized carbons (Fsp3) is 0.433. The van der Waals surface area contributed by atoms with E-state index in [1.165, 1.54) is 6.08 Å². The first-order chi connectivity index (χ1) is 18.9. The van der Waals surface area contributed by atoms with Gasteiger partial charge in [-0.25, -0.2) is 9.07 Å². The van der Waals surface area contributed by atoms with Crippen molar-refractivity contribution in [3.8, 4) is 11.4 Å². The van der Waals surface area contributed by atoms with Crippen LogP contribution in [0, 0.1) is 0 Å². The molecule has 1 saturated carbocycles. The maximum absolute atomic E-state index is 14.9. The van der Waals surface area contributed by atoms with E-state index in [1.54, 1.807) is 6.92 Å². The van der Waals surface area contributed by atoms with Crippen molar-refractivity contribution in [3.63, 3.8) is 0 Å². The summed E-state index contributed by atoms with van der Waals surface area (Å²) in [5.41, 5.74) is 10.6. The molecule has 6 nitrogen and oxygen atoms in total. The molecule has 4 rings (SSSR count). The van der Waals surface area contributed by atoms with Crippen molar-refractivity contribution in [3.05, 3.63) is 88.5 Å². The number of allylic oxidation sites excluding steroid dienone is 2. The lowest BCUT2D eigenvalue weighted by Crippen LogP contribution is -2.36. The molecule has 1 atom stereocenters. The van der Waals surface area contributed by atoms with E-state index >= 15 is 0 Å². The average Bonchev–Trinajstić information content (AvgIpc) is 3.69. The maximum atomic E-state index is 14.9. The molecule has 1 aromatic carbocycles. The third-order valence-electron chi connectivity index (χ3n) is 7.50. The second-order valence-corrected chi connectivity index (χ2v) is 10.2. The molecule has 1 aliphatic carbocycles. The number of aromatic hydroxyl groups is 1. The van der Waals surface area contributed by atoms with Crippen LogP contribution in [0.3, 0.4) is 0 Å². The Morgan fingerprint density at radius 1 is 1.25 bits per heavy atom. The van der Waals surface area contributed by atoms with Crippen LogP contribution in [0.25, 0.3) is 5.69 Å². The number of aromatic nitrogens is 2. The molecule has 0 radical (unpaired) electrons. The van der Waals surface area contributed by atoms with Crippen LogP contribution in [-0.2, 0) is 17.6 Å².